The lowest BCUT2D eigenvalue weighted by Crippen LogP contribution is -2.62. The van der Waals surface area contributed by atoms with Gasteiger partial charge in [0.25, 0.3) is 0 Å². The van der Waals surface area contributed by atoms with Crippen LogP contribution in [0.1, 0.15) is 29.4 Å². The number of aliphatic hydroxyl groups is 1. The molecule has 3 rings (SSSR count). The van der Waals surface area contributed by atoms with Crippen LogP contribution in [-0.2, 0) is 19.1 Å². The highest BCUT2D eigenvalue weighted by atomic mass is 79.9. The second kappa shape index (κ2) is 9.15. The Morgan fingerprint density at radius 3 is 2.13 bits per heavy atom. The fourth-order valence-corrected chi connectivity index (χ4v) is 5.21. The Bertz CT molecular complexity index is 965. The molecule has 8 nitrogen and oxygen atoms in total. The molecule has 0 aromatic heterocycles. The molecule has 1 aliphatic carbocycles. The summed E-state index contributed by atoms with van der Waals surface area (Å²) in [5, 5.41) is 23.7. The van der Waals surface area contributed by atoms with Crippen LogP contribution < -0.4 is 0 Å². The van der Waals surface area contributed by atoms with Crippen molar-refractivity contribution in [3.63, 3.8) is 0 Å². The van der Waals surface area contributed by atoms with Gasteiger partial charge in [-0.15, -0.1) is 0 Å². The molecule has 1 aliphatic rings. The summed E-state index contributed by atoms with van der Waals surface area (Å²) in [4.78, 5) is 38.1. The molecule has 0 aliphatic heterocycles. The topological polar surface area (TPSA) is 116 Å². The van der Waals surface area contributed by atoms with E-state index in [-0.39, 0.29) is 6.42 Å². The molecule has 0 bridgehead atoms. The van der Waals surface area contributed by atoms with E-state index in [1.54, 1.807) is 54.6 Å². The molecule has 4 atom stereocenters. The average molecular weight is 492 g/mol. The summed E-state index contributed by atoms with van der Waals surface area (Å²) in [6.07, 6.45) is -1.77. The van der Waals surface area contributed by atoms with Gasteiger partial charge < -0.3 is 14.6 Å². The highest BCUT2D eigenvalue weighted by Crippen LogP contribution is 2.55. The SMILES string of the molecule is COC(=O)C1(C(=O)OC)[C@@H](O)C[C@@H](c2ccccc2)[C@H]([N+](=O)[O-])[C@@H]1c1ccccc1Br. The van der Waals surface area contributed by atoms with Crippen LogP contribution in [0.4, 0.5) is 0 Å². The predicted molar refractivity (Wildman–Crippen MR) is 114 cm³/mol. The van der Waals surface area contributed by atoms with Gasteiger partial charge in [-0.2, -0.15) is 0 Å². The predicted octanol–water partition coefficient (Wildman–Crippen LogP) is 3.06. The van der Waals surface area contributed by atoms with Gasteiger partial charge in [-0.1, -0.05) is 64.5 Å². The molecular weight excluding hydrogens is 470 g/mol. The maximum Gasteiger partial charge on any atom is 0.326 e. The molecule has 0 spiro atoms. The van der Waals surface area contributed by atoms with Gasteiger partial charge in [0.2, 0.25) is 11.5 Å². The lowest BCUT2D eigenvalue weighted by atomic mass is 9.56. The van der Waals surface area contributed by atoms with Crippen molar-refractivity contribution >= 4 is 27.9 Å². The summed E-state index contributed by atoms with van der Waals surface area (Å²) < 4.78 is 10.3. The Morgan fingerprint density at radius 2 is 1.61 bits per heavy atom. The summed E-state index contributed by atoms with van der Waals surface area (Å²) in [6, 6.07) is 13.9. The van der Waals surface area contributed by atoms with Crippen LogP contribution in [0, 0.1) is 15.5 Å². The van der Waals surface area contributed by atoms with Crippen molar-refractivity contribution in [2.75, 3.05) is 14.2 Å². The molecule has 0 saturated heterocycles. The number of hydrogen-bond acceptors (Lipinski definition) is 7. The minimum absolute atomic E-state index is 0.194. The Balaban J connectivity index is 2.36. The minimum Gasteiger partial charge on any atom is -0.468 e. The molecule has 0 radical (unpaired) electrons. The number of carbonyl (C=O) groups is 2. The van der Waals surface area contributed by atoms with Crippen LogP contribution in [0.15, 0.2) is 59.1 Å². The number of nitro groups is 1. The van der Waals surface area contributed by atoms with E-state index >= 15 is 0 Å². The first kappa shape index (κ1) is 22.9. The first-order valence-electron chi connectivity index (χ1n) is 9.58. The van der Waals surface area contributed by atoms with Gasteiger partial charge in [-0.05, 0) is 23.6 Å². The van der Waals surface area contributed by atoms with Crippen LogP contribution in [0.25, 0.3) is 0 Å². The van der Waals surface area contributed by atoms with E-state index in [2.05, 4.69) is 15.9 Å². The van der Waals surface area contributed by atoms with E-state index in [0.29, 0.717) is 15.6 Å². The zero-order chi connectivity index (χ0) is 22.8. The summed E-state index contributed by atoms with van der Waals surface area (Å²) in [5.74, 6) is -4.27. The van der Waals surface area contributed by atoms with Gasteiger partial charge in [0.15, 0.2) is 0 Å². The number of nitrogens with zero attached hydrogens (tertiary/aromatic N) is 1. The van der Waals surface area contributed by atoms with E-state index < -0.39 is 46.3 Å². The Hall–Kier alpha value is -2.78. The quantitative estimate of drug-likeness (QED) is 0.295. The molecule has 164 valence electrons. The lowest BCUT2D eigenvalue weighted by molar-refractivity contribution is -0.538. The smallest absolute Gasteiger partial charge is 0.326 e. The lowest BCUT2D eigenvalue weighted by Gasteiger charge is -2.46. The van der Waals surface area contributed by atoms with E-state index in [9.17, 15) is 24.8 Å². The Morgan fingerprint density at radius 1 is 1.06 bits per heavy atom. The zero-order valence-corrected chi connectivity index (χ0v) is 18.5. The number of aliphatic hydroxyl groups excluding tert-OH is 1. The molecule has 2 aromatic carbocycles. The summed E-state index contributed by atoms with van der Waals surface area (Å²) in [6.45, 7) is 0. The van der Waals surface area contributed by atoms with Gasteiger partial charge in [-0.25, -0.2) is 0 Å². The molecule has 0 heterocycles. The number of ether oxygens (including phenoxy) is 2. The molecule has 2 aromatic rings. The van der Waals surface area contributed by atoms with Crippen LogP contribution in [0.2, 0.25) is 0 Å². The highest BCUT2D eigenvalue weighted by molar-refractivity contribution is 9.10. The van der Waals surface area contributed by atoms with Crippen molar-refractivity contribution < 1.29 is 29.1 Å². The molecule has 0 unspecified atom stereocenters. The molecule has 1 fully saturated rings. The van der Waals surface area contributed by atoms with Crippen molar-refractivity contribution in [3.05, 3.63) is 80.3 Å². The fraction of sp³-hybridized carbons (Fsp3) is 0.364. The Labute approximate surface area is 187 Å². The third-order valence-electron chi connectivity index (χ3n) is 6.00. The summed E-state index contributed by atoms with van der Waals surface area (Å²) >= 11 is 3.39. The third-order valence-corrected chi connectivity index (χ3v) is 6.73. The number of hydrogen-bond donors (Lipinski definition) is 1. The molecule has 31 heavy (non-hydrogen) atoms. The van der Waals surface area contributed by atoms with Gasteiger partial charge in [-0.3, -0.25) is 19.7 Å². The van der Waals surface area contributed by atoms with Crippen LogP contribution in [0.3, 0.4) is 0 Å². The van der Waals surface area contributed by atoms with Crippen LogP contribution in [0.5, 0.6) is 0 Å². The number of rotatable bonds is 5. The largest absolute Gasteiger partial charge is 0.468 e. The second-order valence-corrected chi connectivity index (χ2v) is 8.25. The normalized spacial score (nSPS) is 24.8. The van der Waals surface area contributed by atoms with E-state index in [1.165, 1.54) is 0 Å². The molecular formula is C22H22BrNO7. The first-order valence-corrected chi connectivity index (χ1v) is 10.4. The first-order chi connectivity index (χ1) is 14.8. The summed E-state index contributed by atoms with van der Waals surface area (Å²) in [7, 11) is 2.14. The van der Waals surface area contributed by atoms with E-state index in [0.717, 1.165) is 14.2 Å². The standard InChI is InChI=1S/C22H22BrNO7/c1-30-20(26)22(21(27)31-2)17(25)12-15(13-8-4-3-5-9-13)19(24(28)29)18(22)14-10-6-7-11-16(14)23/h3-11,15,17-19,25H,12H2,1-2H3/t15-,17-,18-,19-/m0/s1. The third kappa shape index (κ3) is 3.72. The highest BCUT2D eigenvalue weighted by Gasteiger charge is 2.69. The van der Waals surface area contributed by atoms with Crippen molar-refractivity contribution in [1.82, 2.24) is 0 Å². The number of esters is 2. The van der Waals surface area contributed by atoms with Crippen molar-refractivity contribution in [2.45, 2.75) is 30.4 Å². The van der Waals surface area contributed by atoms with Gasteiger partial charge in [0, 0.05) is 9.40 Å². The van der Waals surface area contributed by atoms with Crippen molar-refractivity contribution in [2.24, 2.45) is 5.41 Å². The second-order valence-electron chi connectivity index (χ2n) is 7.40. The van der Waals surface area contributed by atoms with Crippen molar-refractivity contribution in [1.29, 1.82) is 0 Å². The molecule has 0 amide bonds. The number of methoxy groups -OCH3 is 2. The monoisotopic (exact) mass is 491 g/mol. The maximum atomic E-state index is 13.1. The zero-order valence-electron chi connectivity index (χ0n) is 16.9. The van der Waals surface area contributed by atoms with Crippen molar-refractivity contribution in [3.8, 4) is 0 Å². The van der Waals surface area contributed by atoms with Crippen LogP contribution >= 0.6 is 15.9 Å². The Kier molecular flexibility index (Phi) is 6.76. The minimum atomic E-state index is -2.31. The number of benzene rings is 2. The van der Waals surface area contributed by atoms with Gasteiger partial charge in [0.05, 0.1) is 32.2 Å². The molecule has 1 N–H and O–H groups in total. The number of carbonyl (C=O) groups excluding carboxylic acids is 2. The maximum absolute atomic E-state index is 13.1. The van der Waals surface area contributed by atoms with E-state index in [4.69, 9.17) is 9.47 Å². The van der Waals surface area contributed by atoms with Gasteiger partial charge in [0.1, 0.15) is 0 Å². The molecule has 1 saturated carbocycles. The molecule has 9 heteroatoms. The average Bonchev–Trinajstić information content (AvgIpc) is 2.78. The van der Waals surface area contributed by atoms with E-state index in [1.807, 2.05) is 0 Å². The van der Waals surface area contributed by atoms with Crippen LogP contribution in [-0.4, -0.2) is 48.3 Å². The van der Waals surface area contributed by atoms with Gasteiger partial charge >= 0.3 is 11.9 Å². The summed E-state index contributed by atoms with van der Waals surface area (Å²) in [5.41, 5.74) is -1.35. The fourth-order valence-electron chi connectivity index (χ4n) is 4.68. The number of halogens is 1.